The van der Waals surface area contributed by atoms with Gasteiger partial charge in [-0.1, -0.05) is 41.7 Å². The zero-order valence-electron chi connectivity index (χ0n) is 18.5. The summed E-state index contributed by atoms with van der Waals surface area (Å²) in [6.45, 7) is 1.79. The van der Waals surface area contributed by atoms with Gasteiger partial charge >= 0.3 is 0 Å². The lowest BCUT2D eigenvalue weighted by Gasteiger charge is -2.25. The molecule has 1 amide bonds. The van der Waals surface area contributed by atoms with Gasteiger partial charge in [-0.05, 0) is 48.9 Å². The predicted octanol–water partition coefficient (Wildman–Crippen LogP) is 3.48. The van der Waals surface area contributed by atoms with Crippen molar-refractivity contribution in [3.05, 3.63) is 115 Å². The third-order valence-electron chi connectivity index (χ3n) is 5.55. The first-order valence-corrected chi connectivity index (χ1v) is 11.4. The van der Waals surface area contributed by atoms with Crippen LogP contribution in [0.25, 0.3) is 6.08 Å². The van der Waals surface area contributed by atoms with Crippen LogP contribution >= 0.6 is 11.3 Å². The molecule has 1 N–H and O–H groups in total. The van der Waals surface area contributed by atoms with Crippen LogP contribution in [0.2, 0.25) is 0 Å². The van der Waals surface area contributed by atoms with E-state index in [1.807, 2.05) is 54.6 Å². The van der Waals surface area contributed by atoms with Crippen molar-refractivity contribution < 1.29 is 13.9 Å². The van der Waals surface area contributed by atoms with E-state index in [0.29, 0.717) is 37.8 Å². The van der Waals surface area contributed by atoms with Gasteiger partial charge in [-0.2, -0.15) is 0 Å². The molecule has 170 valence electrons. The van der Waals surface area contributed by atoms with E-state index in [9.17, 15) is 9.59 Å². The van der Waals surface area contributed by atoms with E-state index in [2.05, 4.69) is 10.3 Å². The van der Waals surface area contributed by atoms with Crippen molar-refractivity contribution in [3.63, 3.8) is 0 Å². The van der Waals surface area contributed by atoms with Gasteiger partial charge in [-0.25, -0.2) is 4.99 Å². The number of anilines is 1. The molecule has 8 heteroatoms. The zero-order chi connectivity index (χ0) is 23.7. The van der Waals surface area contributed by atoms with Crippen LogP contribution < -0.4 is 24.9 Å². The number of nitrogens with one attached hydrogen (secondary N) is 1. The predicted molar refractivity (Wildman–Crippen MR) is 131 cm³/mol. The average Bonchev–Trinajstić information content (AvgIpc) is 3.47. The summed E-state index contributed by atoms with van der Waals surface area (Å²) >= 11 is 1.27. The molecule has 0 spiro atoms. The molecule has 0 radical (unpaired) electrons. The number of allylic oxidation sites excluding steroid dienone is 1. The van der Waals surface area contributed by atoms with Gasteiger partial charge < -0.3 is 14.5 Å². The Hall–Kier alpha value is -4.17. The molecule has 2 aromatic carbocycles. The number of nitrogens with zero attached hydrogens (tertiary/aromatic N) is 2. The summed E-state index contributed by atoms with van der Waals surface area (Å²) in [6.07, 6.45) is 3.25. The molecule has 2 aromatic heterocycles. The Balaban J connectivity index is 1.68. The van der Waals surface area contributed by atoms with Crippen LogP contribution in [0.4, 0.5) is 5.69 Å². The van der Waals surface area contributed by atoms with Crippen LogP contribution in [0.3, 0.4) is 0 Å². The Morgan fingerprint density at radius 2 is 1.88 bits per heavy atom. The van der Waals surface area contributed by atoms with Crippen molar-refractivity contribution >= 4 is 29.0 Å². The number of thiazole rings is 1. The maximum absolute atomic E-state index is 13.5. The highest BCUT2D eigenvalue weighted by molar-refractivity contribution is 7.07. The summed E-state index contributed by atoms with van der Waals surface area (Å²) in [5, 5.41) is 2.94. The maximum atomic E-state index is 13.5. The Labute approximate surface area is 199 Å². The standard InChI is InChI=1S/C26H21N3O4S/c1-16-22(24(30)28-18-7-4-3-5-8-18)23(17-10-12-19(32-2)13-11-17)29-25(31)21(34-26(29)27-16)15-20-9-6-14-33-20/h3-15,23H,1-2H3,(H,28,30)/b21-15+/t23-/m0/s1. The minimum Gasteiger partial charge on any atom is -0.497 e. The summed E-state index contributed by atoms with van der Waals surface area (Å²) in [4.78, 5) is 32.2. The second kappa shape index (κ2) is 8.99. The molecule has 7 nitrogen and oxygen atoms in total. The van der Waals surface area contributed by atoms with Gasteiger partial charge in [0.15, 0.2) is 4.80 Å². The Morgan fingerprint density at radius 1 is 1.12 bits per heavy atom. The lowest BCUT2D eigenvalue weighted by atomic mass is 9.95. The lowest BCUT2D eigenvalue weighted by Crippen LogP contribution is -2.40. The molecular weight excluding hydrogens is 450 g/mol. The normalized spacial score (nSPS) is 15.6. The van der Waals surface area contributed by atoms with Crippen LogP contribution in [-0.2, 0) is 4.79 Å². The fourth-order valence-corrected chi connectivity index (χ4v) is 4.96. The minimum absolute atomic E-state index is 0.238. The molecule has 0 bridgehead atoms. The number of amides is 1. The number of hydrogen-bond acceptors (Lipinski definition) is 6. The highest BCUT2D eigenvalue weighted by atomic mass is 32.1. The molecule has 0 fully saturated rings. The third kappa shape index (κ3) is 3.99. The number of fused-ring (bicyclic) bond motifs is 1. The Bertz CT molecular complexity index is 1550. The van der Waals surface area contributed by atoms with Gasteiger partial charge in [0.1, 0.15) is 11.5 Å². The van der Waals surface area contributed by atoms with Crippen LogP contribution in [0.5, 0.6) is 5.75 Å². The number of aromatic nitrogens is 1. The first kappa shape index (κ1) is 21.7. The Morgan fingerprint density at radius 3 is 2.56 bits per heavy atom. The number of hydrogen-bond donors (Lipinski definition) is 1. The summed E-state index contributed by atoms with van der Waals surface area (Å²) in [7, 11) is 1.59. The van der Waals surface area contributed by atoms with Crippen molar-refractivity contribution in [1.29, 1.82) is 0 Å². The topological polar surface area (TPSA) is 85.8 Å². The van der Waals surface area contributed by atoms with Crippen LogP contribution in [-0.4, -0.2) is 17.6 Å². The van der Waals surface area contributed by atoms with E-state index < -0.39 is 6.04 Å². The number of furan rings is 1. The van der Waals surface area contributed by atoms with Gasteiger partial charge in [-0.3, -0.25) is 14.2 Å². The summed E-state index contributed by atoms with van der Waals surface area (Å²) in [5.41, 5.74) is 2.17. The number of rotatable bonds is 5. The highest BCUT2D eigenvalue weighted by Crippen LogP contribution is 2.31. The number of benzene rings is 2. The van der Waals surface area contributed by atoms with Gasteiger partial charge in [0.2, 0.25) is 0 Å². The summed E-state index contributed by atoms with van der Waals surface area (Å²) < 4.78 is 12.7. The second-order valence-corrected chi connectivity index (χ2v) is 8.70. The van der Waals surface area contributed by atoms with E-state index in [1.165, 1.54) is 11.3 Å². The molecule has 1 aliphatic rings. The average molecular weight is 472 g/mol. The lowest BCUT2D eigenvalue weighted by molar-refractivity contribution is -0.113. The second-order valence-electron chi connectivity index (χ2n) is 7.69. The number of carbonyl (C=O) groups excluding carboxylic acids is 1. The van der Waals surface area contributed by atoms with Gasteiger partial charge in [0.25, 0.3) is 11.5 Å². The molecule has 1 aliphatic heterocycles. The molecule has 1 atom stereocenters. The van der Waals surface area contributed by atoms with Gasteiger partial charge in [-0.15, -0.1) is 0 Å². The maximum Gasteiger partial charge on any atom is 0.271 e. The molecule has 0 aliphatic carbocycles. The number of carbonyl (C=O) groups is 1. The molecule has 0 saturated carbocycles. The molecule has 4 aromatic rings. The van der Waals surface area contributed by atoms with E-state index in [1.54, 1.807) is 43.1 Å². The SMILES string of the molecule is COc1ccc([C@H]2C(C(=O)Nc3ccccc3)=C(C)N=c3s/c(=C/c4ccco4)c(=O)n32)cc1. The van der Waals surface area contributed by atoms with Crippen molar-refractivity contribution in [2.45, 2.75) is 13.0 Å². The van der Waals surface area contributed by atoms with Crippen LogP contribution in [0, 0.1) is 0 Å². The molecule has 3 heterocycles. The highest BCUT2D eigenvalue weighted by Gasteiger charge is 2.32. The molecule has 0 unspecified atom stereocenters. The molecule has 34 heavy (non-hydrogen) atoms. The molecular formula is C26H21N3O4S. The number of para-hydroxylation sites is 1. The summed E-state index contributed by atoms with van der Waals surface area (Å²) in [5.74, 6) is 0.947. The minimum atomic E-state index is -0.649. The van der Waals surface area contributed by atoms with Crippen molar-refractivity contribution in [2.75, 3.05) is 12.4 Å². The van der Waals surface area contributed by atoms with E-state index in [0.717, 1.165) is 5.56 Å². The first-order valence-electron chi connectivity index (χ1n) is 10.6. The van der Waals surface area contributed by atoms with Crippen LogP contribution in [0.1, 0.15) is 24.3 Å². The van der Waals surface area contributed by atoms with Crippen LogP contribution in [0.15, 0.2) is 98.5 Å². The number of ether oxygens (including phenoxy) is 1. The zero-order valence-corrected chi connectivity index (χ0v) is 19.3. The van der Waals surface area contributed by atoms with Crippen molar-refractivity contribution in [1.82, 2.24) is 4.57 Å². The first-order chi connectivity index (χ1) is 16.5. The Kier molecular flexibility index (Phi) is 5.73. The largest absolute Gasteiger partial charge is 0.497 e. The van der Waals surface area contributed by atoms with E-state index in [4.69, 9.17) is 9.15 Å². The van der Waals surface area contributed by atoms with Gasteiger partial charge in [0, 0.05) is 11.8 Å². The van der Waals surface area contributed by atoms with E-state index in [-0.39, 0.29) is 11.5 Å². The fraction of sp³-hybridized carbons (Fsp3) is 0.115. The summed E-state index contributed by atoms with van der Waals surface area (Å²) in [6, 6.07) is 19.5. The van der Waals surface area contributed by atoms with Crippen molar-refractivity contribution in [3.8, 4) is 5.75 Å². The molecule has 5 rings (SSSR count). The monoisotopic (exact) mass is 471 g/mol. The van der Waals surface area contributed by atoms with E-state index >= 15 is 0 Å². The smallest absolute Gasteiger partial charge is 0.271 e. The van der Waals surface area contributed by atoms with Crippen molar-refractivity contribution in [2.24, 2.45) is 4.99 Å². The molecule has 0 saturated heterocycles. The quantitative estimate of drug-likeness (QED) is 0.483. The fourth-order valence-electron chi connectivity index (χ4n) is 3.94. The van der Waals surface area contributed by atoms with Gasteiger partial charge in [0.05, 0.1) is 35.2 Å². The number of methoxy groups -OCH3 is 1. The third-order valence-corrected chi connectivity index (χ3v) is 6.53.